The van der Waals surface area contributed by atoms with Gasteiger partial charge in [0.1, 0.15) is 17.4 Å². The van der Waals surface area contributed by atoms with Crippen LogP contribution in [0.2, 0.25) is 0 Å². The number of halogens is 1. The van der Waals surface area contributed by atoms with E-state index in [0.717, 1.165) is 16.3 Å². The standard InChI is InChI=1S/C17H15FN2O/c1-11(12-2-5-14(18)6-3-12)20-17-16-10-15(21)7-4-13(16)8-9-19-17/h2-11,21H,1H3,(H,19,20). The van der Waals surface area contributed by atoms with Gasteiger partial charge in [0.2, 0.25) is 0 Å². The van der Waals surface area contributed by atoms with Crippen LogP contribution in [0.4, 0.5) is 10.2 Å². The molecule has 0 amide bonds. The van der Waals surface area contributed by atoms with Crippen molar-refractivity contribution < 1.29 is 9.50 Å². The maximum Gasteiger partial charge on any atom is 0.134 e. The van der Waals surface area contributed by atoms with Crippen LogP contribution in [0.3, 0.4) is 0 Å². The minimum atomic E-state index is -0.251. The third kappa shape index (κ3) is 2.79. The van der Waals surface area contributed by atoms with Gasteiger partial charge in [-0.3, -0.25) is 0 Å². The average Bonchev–Trinajstić information content (AvgIpc) is 2.48. The Hall–Kier alpha value is -2.62. The molecule has 21 heavy (non-hydrogen) atoms. The van der Waals surface area contributed by atoms with E-state index in [1.54, 1.807) is 30.5 Å². The first kappa shape index (κ1) is 13.4. The van der Waals surface area contributed by atoms with E-state index in [-0.39, 0.29) is 17.6 Å². The second-order valence-electron chi connectivity index (χ2n) is 4.98. The molecule has 4 heteroatoms. The lowest BCUT2D eigenvalue weighted by molar-refractivity contribution is 0.476. The van der Waals surface area contributed by atoms with E-state index >= 15 is 0 Å². The van der Waals surface area contributed by atoms with Crippen LogP contribution in [0.5, 0.6) is 5.75 Å². The third-order valence-corrected chi connectivity index (χ3v) is 3.47. The number of nitrogens with one attached hydrogen (secondary N) is 1. The number of anilines is 1. The molecule has 0 radical (unpaired) electrons. The fourth-order valence-corrected chi connectivity index (χ4v) is 2.31. The number of hydrogen-bond donors (Lipinski definition) is 2. The number of phenolic OH excluding ortho intramolecular Hbond substituents is 1. The van der Waals surface area contributed by atoms with Gasteiger partial charge < -0.3 is 10.4 Å². The zero-order chi connectivity index (χ0) is 14.8. The van der Waals surface area contributed by atoms with Gasteiger partial charge in [-0.1, -0.05) is 18.2 Å². The second kappa shape index (κ2) is 5.40. The molecule has 2 N–H and O–H groups in total. The lowest BCUT2D eigenvalue weighted by Crippen LogP contribution is -2.08. The van der Waals surface area contributed by atoms with Gasteiger partial charge in [0.15, 0.2) is 0 Å². The number of rotatable bonds is 3. The molecule has 2 aromatic carbocycles. The van der Waals surface area contributed by atoms with E-state index in [1.165, 1.54) is 12.1 Å². The molecule has 0 aliphatic heterocycles. The van der Waals surface area contributed by atoms with Gasteiger partial charge in [0.05, 0.1) is 0 Å². The summed E-state index contributed by atoms with van der Waals surface area (Å²) in [5, 5.41) is 14.8. The summed E-state index contributed by atoms with van der Waals surface area (Å²) in [6.07, 6.45) is 1.72. The molecule has 0 spiro atoms. The highest BCUT2D eigenvalue weighted by molar-refractivity contribution is 5.92. The molecular formula is C17H15FN2O. The van der Waals surface area contributed by atoms with Crippen LogP contribution in [-0.2, 0) is 0 Å². The molecule has 0 aliphatic carbocycles. The Morgan fingerprint density at radius 2 is 1.86 bits per heavy atom. The molecule has 1 atom stereocenters. The highest BCUT2D eigenvalue weighted by atomic mass is 19.1. The van der Waals surface area contributed by atoms with Crippen molar-refractivity contribution in [3.8, 4) is 5.75 Å². The van der Waals surface area contributed by atoms with E-state index in [0.29, 0.717) is 5.82 Å². The Balaban J connectivity index is 1.94. The summed E-state index contributed by atoms with van der Waals surface area (Å²) in [4.78, 5) is 4.33. The summed E-state index contributed by atoms with van der Waals surface area (Å²) in [5.41, 5.74) is 0.968. The third-order valence-electron chi connectivity index (χ3n) is 3.47. The maximum atomic E-state index is 13.0. The van der Waals surface area contributed by atoms with E-state index in [1.807, 2.05) is 19.1 Å². The number of benzene rings is 2. The van der Waals surface area contributed by atoms with Crippen molar-refractivity contribution in [2.24, 2.45) is 0 Å². The summed E-state index contributed by atoms with van der Waals surface area (Å²) in [5.74, 6) is 0.646. The molecule has 1 heterocycles. The summed E-state index contributed by atoms with van der Waals surface area (Å²) in [7, 11) is 0. The van der Waals surface area contributed by atoms with Gasteiger partial charge in [0.25, 0.3) is 0 Å². The lowest BCUT2D eigenvalue weighted by Gasteiger charge is -2.16. The van der Waals surface area contributed by atoms with Crippen LogP contribution in [0, 0.1) is 5.82 Å². The number of fused-ring (bicyclic) bond motifs is 1. The SMILES string of the molecule is CC(Nc1nccc2ccc(O)cc12)c1ccc(F)cc1. The second-order valence-corrected chi connectivity index (χ2v) is 4.98. The molecule has 3 nitrogen and oxygen atoms in total. The summed E-state index contributed by atoms with van der Waals surface area (Å²) >= 11 is 0. The first-order valence-electron chi connectivity index (χ1n) is 6.73. The smallest absolute Gasteiger partial charge is 0.134 e. The van der Waals surface area contributed by atoms with E-state index < -0.39 is 0 Å². The van der Waals surface area contributed by atoms with Crippen molar-refractivity contribution in [1.29, 1.82) is 0 Å². The van der Waals surface area contributed by atoms with Gasteiger partial charge in [-0.15, -0.1) is 0 Å². The highest BCUT2D eigenvalue weighted by Crippen LogP contribution is 2.27. The predicted octanol–water partition coefficient (Wildman–Crippen LogP) is 4.25. The van der Waals surface area contributed by atoms with E-state index in [2.05, 4.69) is 10.3 Å². The van der Waals surface area contributed by atoms with Gasteiger partial charge >= 0.3 is 0 Å². The van der Waals surface area contributed by atoms with Crippen LogP contribution in [0.15, 0.2) is 54.7 Å². The normalized spacial score (nSPS) is 12.3. The Morgan fingerprint density at radius 3 is 2.62 bits per heavy atom. The van der Waals surface area contributed by atoms with E-state index in [9.17, 15) is 9.50 Å². The summed E-state index contributed by atoms with van der Waals surface area (Å²) in [6, 6.07) is 13.4. The van der Waals surface area contributed by atoms with Gasteiger partial charge in [-0.05, 0) is 48.2 Å². The number of pyridine rings is 1. The molecule has 3 aromatic rings. The predicted molar refractivity (Wildman–Crippen MR) is 81.8 cm³/mol. The van der Waals surface area contributed by atoms with Crippen molar-refractivity contribution >= 4 is 16.6 Å². The van der Waals surface area contributed by atoms with E-state index in [4.69, 9.17) is 0 Å². The monoisotopic (exact) mass is 282 g/mol. The number of nitrogens with zero attached hydrogens (tertiary/aromatic N) is 1. The molecule has 0 aliphatic rings. The molecule has 1 aromatic heterocycles. The van der Waals surface area contributed by atoms with Crippen LogP contribution in [-0.4, -0.2) is 10.1 Å². The zero-order valence-electron chi connectivity index (χ0n) is 11.5. The molecule has 0 fully saturated rings. The molecule has 0 bridgehead atoms. The Kier molecular flexibility index (Phi) is 3.44. The van der Waals surface area contributed by atoms with Crippen molar-refractivity contribution in [3.05, 3.63) is 66.1 Å². The van der Waals surface area contributed by atoms with Gasteiger partial charge in [-0.2, -0.15) is 0 Å². The first-order valence-corrected chi connectivity index (χ1v) is 6.73. The van der Waals surface area contributed by atoms with Crippen molar-refractivity contribution in [1.82, 2.24) is 4.98 Å². The van der Waals surface area contributed by atoms with Crippen LogP contribution >= 0.6 is 0 Å². The maximum absolute atomic E-state index is 13.0. The Labute approximate surface area is 122 Å². The quantitative estimate of drug-likeness (QED) is 0.754. The molecular weight excluding hydrogens is 267 g/mol. The first-order chi connectivity index (χ1) is 10.1. The minimum Gasteiger partial charge on any atom is -0.508 e. The molecule has 1 unspecified atom stereocenters. The number of hydrogen-bond acceptors (Lipinski definition) is 3. The fourth-order valence-electron chi connectivity index (χ4n) is 2.31. The average molecular weight is 282 g/mol. The Bertz CT molecular complexity index is 771. The molecule has 106 valence electrons. The van der Waals surface area contributed by atoms with Gasteiger partial charge in [0, 0.05) is 17.6 Å². The fraction of sp³-hybridized carbons (Fsp3) is 0.118. The topological polar surface area (TPSA) is 45.2 Å². The zero-order valence-corrected chi connectivity index (χ0v) is 11.5. The lowest BCUT2D eigenvalue weighted by atomic mass is 10.1. The number of aromatic nitrogens is 1. The number of phenols is 1. The van der Waals surface area contributed by atoms with Crippen LogP contribution < -0.4 is 5.32 Å². The summed E-state index contributed by atoms with van der Waals surface area (Å²) in [6.45, 7) is 1.98. The van der Waals surface area contributed by atoms with Crippen LogP contribution in [0.1, 0.15) is 18.5 Å². The minimum absolute atomic E-state index is 0.0222. The van der Waals surface area contributed by atoms with Crippen molar-refractivity contribution in [3.63, 3.8) is 0 Å². The molecule has 0 saturated carbocycles. The highest BCUT2D eigenvalue weighted by Gasteiger charge is 2.09. The Morgan fingerprint density at radius 1 is 1.10 bits per heavy atom. The largest absolute Gasteiger partial charge is 0.508 e. The summed E-state index contributed by atoms with van der Waals surface area (Å²) < 4.78 is 13.0. The molecule has 0 saturated heterocycles. The molecule has 3 rings (SSSR count). The number of aromatic hydroxyl groups is 1. The van der Waals surface area contributed by atoms with Crippen LogP contribution in [0.25, 0.3) is 10.8 Å². The van der Waals surface area contributed by atoms with Crippen molar-refractivity contribution in [2.75, 3.05) is 5.32 Å². The van der Waals surface area contributed by atoms with Gasteiger partial charge in [-0.25, -0.2) is 9.37 Å². The van der Waals surface area contributed by atoms with Crippen molar-refractivity contribution in [2.45, 2.75) is 13.0 Å².